The van der Waals surface area contributed by atoms with Gasteiger partial charge in [0.15, 0.2) is 0 Å². The van der Waals surface area contributed by atoms with Gasteiger partial charge in [0.2, 0.25) is 0 Å². The number of carbonyl (C=O) groups excluding carboxylic acids is 1. The smallest absolute Gasteiger partial charge is 0.252 e. The maximum absolute atomic E-state index is 13.0. The Bertz CT molecular complexity index is 477. The molecule has 0 saturated heterocycles. The average molecular weight is 376 g/mol. The second-order valence-corrected chi connectivity index (χ2v) is 6.24. The minimum Gasteiger partial charge on any atom is -0.350 e. The van der Waals surface area contributed by atoms with E-state index in [2.05, 4.69) is 24.2 Å². The van der Waals surface area contributed by atoms with Crippen molar-refractivity contribution in [3.63, 3.8) is 0 Å². The van der Waals surface area contributed by atoms with E-state index in [9.17, 15) is 9.18 Å². The molecule has 0 aliphatic heterocycles. The molecule has 1 aliphatic rings. The summed E-state index contributed by atoms with van der Waals surface area (Å²) < 4.78 is 13.6. The Morgan fingerprint density at radius 2 is 2.26 bits per heavy atom. The van der Waals surface area contributed by atoms with Crippen molar-refractivity contribution in [2.75, 3.05) is 13.6 Å². The molecule has 0 aromatic heterocycles. The van der Waals surface area contributed by atoms with Crippen LogP contribution in [-0.4, -0.2) is 36.5 Å². The number of rotatable bonds is 5. The number of benzene rings is 1. The monoisotopic (exact) mass is 376 g/mol. The number of hydrogen-bond donors (Lipinski definition) is 1. The number of nitrogens with one attached hydrogen (secondary N) is 1. The number of amides is 1. The van der Waals surface area contributed by atoms with E-state index >= 15 is 0 Å². The number of carbonyl (C=O) groups is 1. The highest BCUT2D eigenvalue weighted by Gasteiger charge is 2.29. The Morgan fingerprint density at radius 1 is 1.58 bits per heavy atom. The highest BCUT2D eigenvalue weighted by molar-refractivity contribution is 14.1. The molecule has 1 fully saturated rings. The predicted molar refractivity (Wildman–Crippen MR) is 81.7 cm³/mol. The molecule has 1 aromatic rings. The van der Waals surface area contributed by atoms with Gasteiger partial charge in [-0.2, -0.15) is 0 Å². The van der Waals surface area contributed by atoms with Crippen LogP contribution in [0.2, 0.25) is 0 Å². The molecular formula is C14H18FIN2O. The first kappa shape index (κ1) is 14.7. The second-order valence-electron chi connectivity index (χ2n) is 5.08. The van der Waals surface area contributed by atoms with Crippen LogP contribution in [0.15, 0.2) is 18.2 Å². The van der Waals surface area contributed by atoms with Gasteiger partial charge < -0.3 is 5.32 Å². The van der Waals surface area contributed by atoms with Crippen molar-refractivity contribution in [3.8, 4) is 0 Å². The molecule has 1 unspecified atom stereocenters. The molecule has 0 spiro atoms. The second kappa shape index (κ2) is 6.17. The van der Waals surface area contributed by atoms with Gasteiger partial charge in [-0.25, -0.2) is 4.39 Å². The van der Waals surface area contributed by atoms with E-state index in [1.807, 2.05) is 22.6 Å². The molecule has 1 aliphatic carbocycles. The van der Waals surface area contributed by atoms with Crippen LogP contribution in [-0.2, 0) is 0 Å². The Kier molecular flexibility index (Phi) is 4.78. The van der Waals surface area contributed by atoms with E-state index in [4.69, 9.17) is 0 Å². The lowest BCUT2D eigenvalue weighted by Crippen LogP contribution is -2.41. The van der Waals surface area contributed by atoms with Crippen LogP contribution in [0.25, 0.3) is 0 Å². The summed E-state index contributed by atoms with van der Waals surface area (Å²) in [7, 11) is 2.09. The summed E-state index contributed by atoms with van der Waals surface area (Å²) in [5, 5.41) is 2.91. The number of nitrogens with zero attached hydrogens (tertiary/aromatic N) is 1. The number of hydrogen-bond acceptors (Lipinski definition) is 2. The first-order valence-corrected chi connectivity index (χ1v) is 7.52. The molecular weight excluding hydrogens is 358 g/mol. The summed E-state index contributed by atoms with van der Waals surface area (Å²) in [4.78, 5) is 14.3. The molecule has 5 heteroatoms. The maximum Gasteiger partial charge on any atom is 0.252 e. The topological polar surface area (TPSA) is 32.3 Å². The van der Waals surface area contributed by atoms with E-state index in [-0.39, 0.29) is 11.7 Å². The zero-order chi connectivity index (χ0) is 14.0. The van der Waals surface area contributed by atoms with Gasteiger partial charge in [-0.1, -0.05) is 0 Å². The van der Waals surface area contributed by atoms with Gasteiger partial charge in [-0.05, 0) is 67.6 Å². The molecule has 1 amide bonds. The van der Waals surface area contributed by atoms with Gasteiger partial charge in [0.1, 0.15) is 5.82 Å². The van der Waals surface area contributed by atoms with Crippen LogP contribution in [0.5, 0.6) is 0 Å². The van der Waals surface area contributed by atoms with E-state index in [1.54, 1.807) is 0 Å². The summed E-state index contributed by atoms with van der Waals surface area (Å²) in [5.74, 6) is -0.455. The Morgan fingerprint density at radius 3 is 2.84 bits per heavy atom. The van der Waals surface area contributed by atoms with Gasteiger partial charge in [0.05, 0.1) is 5.56 Å². The Labute approximate surface area is 126 Å². The van der Waals surface area contributed by atoms with E-state index in [1.165, 1.54) is 31.0 Å². The molecule has 19 heavy (non-hydrogen) atoms. The van der Waals surface area contributed by atoms with Crippen LogP contribution in [0.1, 0.15) is 30.1 Å². The van der Waals surface area contributed by atoms with Crippen LogP contribution in [0, 0.1) is 9.39 Å². The molecule has 2 rings (SSSR count). The van der Waals surface area contributed by atoms with E-state index in [0.29, 0.717) is 27.8 Å². The molecule has 104 valence electrons. The lowest BCUT2D eigenvalue weighted by atomic mass is 10.2. The SMILES string of the molecule is CC(CNC(=O)c1ccc(F)cc1I)N(C)C1CC1. The summed E-state index contributed by atoms with van der Waals surface area (Å²) in [6, 6.07) is 5.21. The van der Waals surface area contributed by atoms with E-state index < -0.39 is 0 Å². The lowest BCUT2D eigenvalue weighted by Gasteiger charge is -2.24. The van der Waals surface area contributed by atoms with E-state index in [0.717, 1.165) is 0 Å². The molecule has 3 nitrogen and oxygen atoms in total. The standard InChI is InChI=1S/C14H18FIN2O/c1-9(18(2)11-4-5-11)8-17-14(19)12-6-3-10(15)7-13(12)16/h3,6-7,9,11H,4-5,8H2,1-2H3,(H,17,19). The minimum atomic E-state index is -0.317. The zero-order valence-corrected chi connectivity index (χ0v) is 13.3. The molecule has 1 aromatic carbocycles. The van der Waals surface area contributed by atoms with Crippen molar-refractivity contribution >= 4 is 28.5 Å². The highest BCUT2D eigenvalue weighted by Crippen LogP contribution is 2.26. The largest absolute Gasteiger partial charge is 0.350 e. The molecule has 0 heterocycles. The van der Waals surface area contributed by atoms with Crippen LogP contribution in [0.4, 0.5) is 4.39 Å². The predicted octanol–water partition coefficient (Wildman–Crippen LogP) is 2.64. The summed E-state index contributed by atoms with van der Waals surface area (Å²) >= 11 is 1.98. The fraction of sp³-hybridized carbons (Fsp3) is 0.500. The quantitative estimate of drug-likeness (QED) is 0.802. The molecule has 1 saturated carbocycles. The van der Waals surface area contributed by atoms with Crippen molar-refractivity contribution in [1.82, 2.24) is 10.2 Å². The number of likely N-dealkylation sites (N-methyl/N-ethyl adjacent to an activating group) is 1. The van der Waals surface area contributed by atoms with Crippen molar-refractivity contribution in [3.05, 3.63) is 33.1 Å². The summed E-state index contributed by atoms with van der Waals surface area (Å²) in [6.45, 7) is 2.72. The van der Waals surface area contributed by atoms with Crippen LogP contribution >= 0.6 is 22.6 Å². The van der Waals surface area contributed by atoms with Gasteiger partial charge >= 0.3 is 0 Å². The minimum absolute atomic E-state index is 0.138. The third-order valence-electron chi connectivity index (χ3n) is 3.55. The maximum atomic E-state index is 13.0. The normalized spacial score (nSPS) is 16.5. The zero-order valence-electron chi connectivity index (χ0n) is 11.1. The molecule has 1 atom stereocenters. The Balaban J connectivity index is 1.89. The van der Waals surface area contributed by atoms with Crippen molar-refractivity contribution < 1.29 is 9.18 Å². The van der Waals surface area contributed by atoms with Crippen molar-refractivity contribution in [2.45, 2.75) is 31.8 Å². The highest BCUT2D eigenvalue weighted by atomic mass is 127. The van der Waals surface area contributed by atoms with Crippen molar-refractivity contribution in [1.29, 1.82) is 0 Å². The first-order chi connectivity index (χ1) is 8.99. The van der Waals surface area contributed by atoms with Crippen molar-refractivity contribution in [2.24, 2.45) is 0 Å². The van der Waals surface area contributed by atoms with Crippen LogP contribution < -0.4 is 5.32 Å². The molecule has 0 bridgehead atoms. The van der Waals surface area contributed by atoms with Gasteiger partial charge in [0.25, 0.3) is 5.91 Å². The van der Waals surface area contributed by atoms with Gasteiger partial charge in [0, 0.05) is 22.2 Å². The molecule has 0 radical (unpaired) electrons. The summed E-state index contributed by atoms with van der Waals surface area (Å²) in [6.07, 6.45) is 2.51. The van der Waals surface area contributed by atoms with Crippen LogP contribution in [0.3, 0.4) is 0 Å². The average Bonchev–Trinajstić information content (AvgIpc) is 3.18. The third-order valence-corrected chi connectivity index (χ3v) is 4.44. The Hall–Kier alpha value is -0.690. The van der Waals surface area contributed by atoms with Gasteiger partial charge in [-0.3, -0.25) is 9.69 Å². The fourth-order valence-electron chi connectivity index (χ4n) is 1.99. The lowest BCUT2D eigenvalue weighted by molar-refractivity contribution is 0.0938. The van der Waals surface area contributed by atoms with Gasteiger partial charge in [-0.15, -0.1) is 0 Å². The number of halogens is 2. The molecule has 1 N–H and O–H groups in total. The first-order valence-electron chi connectivity index (χ1n) is 6.44. The fourth-order valence-corrected chi connectivity index (χ4v) is 2.72. The summed E-state index contributed by atoms with van der Waals surface area (Å²) in [5.41, 5.74) is 0.531. The third kappa shape index (κ3) is 3.89.